The zero-order chi connectivity index (χ0) is 15.2. The van der Waals surface area contributed by atoms with Gasteiger partial charge in [-0.3, -0.25) is 0 Å². The van der Waals surface area contributed by atoms with Gasteiger partial charge in [0.25, 0.3) is 0 Å². The van der Waals surface area contributed by atoms with E-state index < -0.39 is 26.2 Å². The Morgan fingerprint density at radius 1 is 0.700 bits per heavy atom. The molecule has 1 radical (unpaired) electrons. The Morgan fingerprint density at radius 2 is 1.10 bits per heavy atom. The van der Waals surface area contributed by atoms with Gasteiger partial charge in [0.05, 0.1) is 0 Å². The lowest BCUT2D eigenvalue weighted by Crippen LogP contribution is -2.46. The van der Waals surface area contributed by atoms with Crippen LogP contribution in [0.25, 0.3) is 0 Å². The van der Waals surface area contributed by atoms with Crippen LogP contribution in [0.15, 0.2) is 0 Å². The second-order valence-corrected chi connectivity index (χ2v) is 18.6. The summed E-state index contributed by atoms with van der Waals surface area (Å²) in [4.78, 5) is 0. The van der Waals surface area contributed by atoms with E-state index in [9.17, 15) is 0 Å². The molecule has 1 saturated carbocycles. The quantitative estimate of drug-likeness (QED) is 0.653. The first-order valence-electron chi connectivity index (χ1n) is 8.07. The normalized spacial score (nSPS) is 19.9. The standard InChI is InChI=1S/C14H33O3Si3/c1-19(2,3)16-18(17-20(4,5)6)15-14-12-10-8-7-9-11-13-14/h14H,7-13H2,1-6H3. The van der Waals surface area contributed by atoms with Crippen LogP contribution in [0.1, 0.15) is 44.9 Å². The molecule has 0 aromatic carbocycles. The molecule has 0 saturated heterocycles. The number of hydrogen-bond acceptors (Lipinski definition) is 3. The van der Waals surface area contributed by atoms with Crippen LogP contribution in [0.5, 0.6) is 0 Å². The van der Waals surface area contributed by atoms with Crippen LogP contribution in [-0.2, 0) is 12.7 Å². The fourth-order valence-electron chi connectivity index (χ4n) is 2.24. The third-order valence-electron chi connectivity index (χ3n) is 3.09. The summed E-state index contributed by atoms with van der Waals surface area (Å²) < 4.78 is 18.7. The van der Waals surface area contributed by atoms with Crippen LogP contribution < -0.4 is 0 Å². The highest BCUT2D eigenvalue weighted by atomic mass is 28.5. The van der Waals surface area contributed by atoms with Gasteiger partial charge in [-0.15, -0.1) is 0 Å². The van der Waals surface area contributed by atoms with E-state index in [2.05, 4.69) is 39.3 Å². The fraction of sp³-hybridized carbons (Fsp3) is 1.00. The smallest absolute Gasteiger partial charge is 0.414 e. The summed E-state index contributed by atoms with van der Waals surface area (Å²) in [6, 6.07) is 0. The first-order chi connectivity index (χ1) is 9.16. The SMILES string of the molecule is C[Si](C)(C)O[Si](OC1CCCCCCC1)O[Si](C)(C)C. The average molecular weight is 334 g/mol. The predicted octanol–water partition coefficient (Wildman–Crippen LogP) is 4.80. The van der Waals surface area contributed by atoms with E-state index in [1.165, 1.54) is 44.9 Å². The Kier molecular flexibility index (Phi) is 7.65. The molecule has 119 valence electrons. The first kappa shape index (κ1) is 18.6. The molecule has 0 aromatic heterocycles. The van der Waals surface area contributed by atoms with E-state index in [1.807, 2.05) is 0 Å². The number of hydrogen-bond donors (Lipinski definition) is 0. The van der Waals surface area contributed by atoms with Crippen molar-refractivity contribution in [2.75, 3.05) is 0 Å². The molecule has 0 N–H and O–H groups in total. The molecule has 1 rings (SSSR count). The van der Waals surface area contributed by atoms with Gasteiger partial charge in [-0.1, -0.05) is 32.1 Å². The van der Waals surface area contributed by atoms with E-state index in [0.717, 1.165) is 0 Å². The largest absolute Gasteiger partial charge is 0.555 e. The molecule has 0 spiro atoms. The van der Waals surface area contributed by atoms with Crippen molar-refractivity contribution in [3.05, 3.63) is 0 Å². The Bertz CT molecular complexity index is 250. The highest BCUT2D eigenvalue weighted by Gasteiger charge is 2.34. The molecule has 20 heavy (non-hydrogen) atoms. The minimum Gasteiger partial charge on any atom is -0.414 e. The summed E-state index contributed by atoms with van der Waals surface area (Å²) in [5.41, 5.74) is 0. The van der Waals surface area contributed by atoms with Gasteiger partial charge in [0.2, 0.25) is 0 Å². The third kappa shape index (κ3) is 9.46. The molecule has 3 nitrogen and oxygen atoms in total. The van der Waals surface area contributed by atoms with Gasteiger partial charge < -0.3 is 12.7 Å². The topological polar surface area (TPSA) is 27.7 Å². The predicted molar refractivity (Wildman–Crippen MR) is 91.8 cm³/mol. The zero-order valence-corrected chi connectivity index (χ0v) is 17.3. The average Bonchev–Trinajstić information content (AvgIpc) is 2.16. The van der Waals surface area contributed by atoms with Gasteiger partial charge >= 0.3 is 9.53 Å². The van der Waals surface area contributed by atoms with Crippen LogP contribution in [0.3, 0.4) is 0 Å². The summed E-state index contributed by atoms with van der Waals surface area (Å²) in [6.07, 6.45) is 9.39. The van der Waals surface area contributed by atoms with Gasteiger partial charge in [0.1, 0.15) is 0 Å². The molecule has 1 fully saturated rings. The summed E-state index contributed by atoms with van der Waals surface area (Å²) in [7, 11) is -4.78. The van der Waals surface area contributed by atoms with Crippen LogP contribution in [0, 0.1) is 0 Å². The highest BCUT2D eigenvalue weighted by molar-refractivity contribution is 6.79. The minimum absolute atomic E-state index is 0.358. The Hall–Kier alpha value is 0.531. The first-order valence-corrected chi connectivity index (χ1v) is 16.1. The molecule has 0 unspecified atom stereocenters. The van der Waals surface area contributed by atoms with Crippen LogP contribution in [0.4, 0.5) is 0 Å². The fourth-order valence-corrected chi connectivity index (χ4v) is 7.68. The summed E-state index contributed by atoms with van der Waals surface area (Å²) in [6.45, 7) is 13.3. The lowest BCUT2D eigenvalue weighted by atomic mass is 9.99. The maximum absolute atomic E-state index is 6.31. The van der Waals surface area contributed by atoms with E-state index in [4.69, 9.17) is 12.7 Å². The molecule has 1 aliphatic carbocycles. The Labute approximate surface area is 129 Å². The Morgan fingerprint density at radius 3 is 1.50 bits per heavy atom. The van der Waals surface area contributed by atoms with Crippen LogP contribution in [-0.4, -0.2) is 32.3 Å². The lowest BCUT2D eigenvalue weighted by Gasteiger charge is -2.31. The van der Waals surface area contributed by atoms with E-state index >= 15 is 0 Å². The van der Waals surface area contributed by atoms with Crippen molar-refractivity contribution in [1.29, 1.82) is 0 Å². The second kappa shape index (κ2) is 8.24. The van der Waals surface area contributed by atoms with Crippen molar-refractivity contribution in [1.82, 2.24) is 0 Å². The van der Waals surface area contributed by atoms with Crippen molar-refractivity contribution >= 4 is 26.2 Å². The molecule has 0 atom stereocenters. The van der Waals surface area contributed by atoms with E-state index in [0.29, 0.717) is 6.10 Å². The third-order valence-corrected chi connectivity index (χ3v) is 9.85. The summed E-state index contributed by atoms with van der Waals surface area (Å²) in [5, 5.41) is 0. The van der Waals surface area contributed by atoms with E-state index in [1.54, 1.807) is 0 Å². The van der Waals surface area contributed by atoms with Gasteiger partial charge in [-0.25, -0.2) is 0 Å². The Balaban J connectivity index is 2.57. The molecule has 0 heterocycles. The second-order valence-electron chi connectivity index (χ2n) is 7.76. The number of rotatable bonds is 6. The maximum atomic E-state index is 6.31. The van der Waals surface area contributed by atoms with E-state index in [-0.39, 0.29) is 0 Å². The molecule has 0 aliphatic heterocycles. The van der Waals surface area contributed by atoms with Gasteiger partial charge in [0, 0.05) is 6.10 Å². The maximum Gasteiger partial charge on any atom is 0.555 e. The lowest BCUT2D eigenvalue weighted by molar-refractivity contribution is 0.104. The molecule has 1 aliphatic rings. The molecular formula is C14H33O3Si3. The highest BCUT2D eigenvalue weighted by Crippen LogP contribution is 2.22. The van der Waals surface area contributed by atoms with Crippen molar-refractivity contribution in [3.8, 4) is 0 Å². The van der Waals surface area contributed by atoms with Crippen LogP contribution in [0.2, 0.25) is 39.3 Å². The zero-order valence-electron chi connectivity index (χ0n) is 14.3. The van der Waals surface area contributed by atoms with Gasteiger partial charge in [-0.2, -0.15) is 0 Å². The van der Waals surface area contributed by atoms with Crippen molar-refractivity contribution in [2.45, 2.75) is 90.3 Å². The summed E-state index contributed by atoms with van der Waals surface area (Å²) >= 11 is 0. The monoisotopic (exact) mass is 333 g/mol. The van der Waals surface area contributed by atoms with Crippen LogP contribution >= 0.6 is 0 Å². The van der Waals surface area contributed by atoms with Crippen molar-refractivity contribution in [2.24, 2.45) is 0 Å². The van der Waals surface area contributed by atoms with Gasteiger partial charge in [-0.05, 0) is 52.1 Å². The van der Waals surface area contributed by atoms with Crippen molar-refractivity contribution < 1.29 is 12.7 Å². The molecular weight excluding hydrogens is 300 g/mol. The molecule has 6 heteroatoms. The minimum atomic E-state index is -1.61. The van der Waals surface area contributed by atoms with Crippen molar-refractivity contribution in [3.63, 3.8) is 0 Å². The molecule has 0 amide bonds. The van der Waals surface area contributed by atoms with Gasteiger partial charge in [0.15, 0.2) is 16.6 Å². The molecule has 0 aromatic rings. The summed E-state index contributed by atoms with van der Waals surface area (Å²) in [5.74, 6) is 0. The molecule has 0 bridgehead atoms.